The first-order valence-corrected chi connectivity index (χ1v) is 10.3. The number of hydrogen-bond donors (Lipinski definition) is 1. The zero-order valence-corrected chi connectivity index (χ0v) is 18.3. The van der Waals surface area contributed by atoms with Crippen LogP contribution in [-0.2, 0) is 13.2 Å². The van der Waals surface area contributed by atoms with Gasteiger partial charge in [-0.1, -0.05) is 54.1 Å². The van der Waals surface area contributed by atoms with Crippen LogP contribution in [-0.4, -0.2) is 7.11 Å². The van der Waals surface area contributed by atoms with Crippen molar-refractivity contribution in [3.63, 3.8) is 0 Å². The smallest absolute Gasteiger partial charge is 0.175 e. The number of ether oxygens (including phenoxy) is 2. The van der Waals surface area contributed by atoms with Gasteiger partial charge >= 0.3 is 0 Å². The van der Waals surface area contributed by atoms with E-state index in [1.165, 1.54) is 5.56 Å². The minimum Gasteiger partial charge on any atom is -0.493 e. The van der Waals surface area contributed by atoms with Gasteiger partial charge in [-0.3, -0.25) is 0 Å². The van der Waals surface area contributed by atoms with E-state index >= 15 is 0 Å². The molecule has 1 N–H and O–H groups in total. The Morgan fingerprint density at radius 2 is 1.71 bits per heavy atom. The van der Waals surface area contributed by atoms with Crippen LogP contribution in [0, 0.1) is 0 Å². The summed E-state index contributed by atoms with van der Waals surface area (Å²) in [4.78, 5) is 0. The van der Waals surface area contributed by atoms with Crippen LogP contribution < -0.4 is 14.8 Å². The molecule has 146 valence electrons. The topological polar surface area (TPSA) is 30.5 Å². The molecule has 28 heavy (non-hydrogen) atoms. The third-order valence-corrected chi connectivity index (χ3v) is 5.34. The standard InChI is InChI=1S/C23H23BrClNO2/c1-16(19-6-4-3-5-7-19)26-14-18-12-21(24)23(22(13-18)27-2)28-15-17-8-10-20(25)11-9-17/h3-13,16,26H,14-15H2,1-2H3/t16-/m0/s1. The van der Waals surface area contributed by atoms with Crippen LogP contribution in [0.2, 0.25) is 5.02 Å². The van der Waals surface area contributed by atoms with Gasteiger partial charge in [-0.2, -0.15) is 0 Å². The van der Waals surface area contributed by atoms with E-state index in [2.05, 4.69) is 58.5 Å². The Morgan fingerprint density at radius 3 is 2.39 bits per heavy atom. The van der Waals surface area contributed by atoms with Crippen molar-refractivity contribution in [2.45, 2.75) is 26.1 Å². The van der Waals surface area contributed by atoms with E-state index in [1.807, 2.05) is 36.4 Å². The van der Waals surface area contributed by atoms with Crippen molar-refractivity contribution in [3.8, 4) is 11.5 Å². The number of hydrogen-bond acceptors (Lipinski definition) is 3. The summed E-state index contributed by atoms with van der Waals surface area (Å²) < 4.78 is 12.4. The van der Waals surface area contributed by atoms with Crippen molar-refractivity contribution < 1.29 is 9.47 Å². The zero-order chi connectivity index (χ0) is 19.9. The second-order valence-electron chi connectivity index (χ2n) is 6.54. The Kier molecular flexibility index (Phi) is 7.37. The summed E-state index contributed by atoms with van der Waals surface area (Å²) >= 11 is 9.56. The van der Waals surface area contributed by atoms with Crippen LogP contribution in [0.15, 0.2) is 71.2 Å². The lowest BCUT2D eigenvalue weighted by atomic mass is 10.1. The highest BCUT2D eigenvalue weighted by Gasteiger charge is 2.13. The molecule has 0 aromatic heterocycles. The Morgan fingerprint density at radius 1 is 1.00 bits per heavy atom. The van der Waals surface area contributed by atoms with Crippen molar-refractivity contribution in [2.24, 2.45) is 0 Å². The molecule has 0 spiro atoms. The molecule has 0 aliphatic carbocycles. The van der Waals surface area contributed by atoms with Gasteiger partial charge in [0, 0.05) is 17.6 Å². The molecule has 0 radical (unpaired) electrons. The fraction of sp³-hybridized carbons (Fsp3) is 0.217. The highest BCUT2D eigenvalue weighted by atomic mass is 79.9. The summed E-state index contributed by atoms with van der Waals surface area (Å²) in [6.45, 7) is 3.32. The molecule has 0 saturated carbocycles. The average Bonchev–Trinajstić information content (AvgIpc) is 2.72. The number of halogens is 2. The van der Waals surface area contributed by atoms with E-state index in [0.717, 1.165) is 22.1 Å². The summed E-state index contributed by atoms with van der Waals surface area (Å²) in [7, 11) is 1.65. The van der Waals surface area contributed by atoms with Crippen LogP contribution in [0.4, 0.5) is 0 Å². The van der Waals surface area contributed by atoms with Crippen molar-refractivity contribution >= 4 is 27.5 Å². The molecular formula is C23H23BrClNO2. The summed E-state index contributed by atoms with van der Waals surface area (Å²) in [6.07, 6.45) is 0. The Labute approximate surface area is 179 Å². The summed E-state index contributed by atoms with van der Waals surface area (Å²) in [5.41, 5.74) is 3.42. The first kappa shape index (κ1) is 20.7. The highest BCUT2D eigenvalue weighted by molar-refractivity contribution is 9.10. The molecule has 5 heteroatoms. The van der Waals surface area contributed by atoms with E-state index < -0.39 is 0 Å². The summed E-state index contributed by atoms with van der Waals surface area (Å²) in [5, 5.41) is 4.26. The van der Waals surface area contributed by atoms with Crippen LogP contribution >= 0.6 is 27.5 Å². The third-order valence-electron chi connectivity index (χ3n) is 4.50. The highest BCUT2D eigenvalue weighted by Crippen LogP contribution is 2.37. The zero-order valence-electron chi connectivity index (χ0n) is 15.9. The lowest BCUT2D eigenvalue weighted by Gasteiger charge is -2.17. The fourth-order valence-corrected chi connectivity index (χ4v) is 3.61. The molecule has 0 fully saturated rings. The fourth-order valence-electron chi connectivity index (χ4n) is 2.88. The van der Waals surface area contributed by atoms with Gasteiger partial charge in [0.05, 0.1) is 11.6 Å². The first-order valence-electron chi connectivity index (χ1n) is 9.09. The van der Waals surface area contributed by atoms with Crippen LogP contribution in [0.5, 0.6) is 11.5 Å². The summed E-state index contributed by atoms with van der Waals surface area (Å²) in [6, 6.07) is 22.3. The molecule has 0 unspecified atom stereocenters. The predicted octanol–water partition coefficient (Wildman–Crippen LogP) is 6.54. The van der Waals surface area contributed by atoms with Gasteiger partial charge in [0.15, 0.2) is 11.5 Å². The average molecular weight is 461 g/mol. The van der Waals surface area contributed by atoms with Crippen LogP contribution in [0.25, 0.3) is 0 Å². The van der Waals surface area contributed by atoms with Gasteiger partial charge in [-0.05, 0) is 63.8 Å². The lowest BCUT2D eigenvalue weighted by Crippen LogP contribution is -2.18. The normalized spacial score (nSPS) is 11.9. The van der Waals surface area contributed by atoms with Crippen molar-refractivity contribution in [1.82, 2.24) is 5.32 Å². The molecule has 1 atom stereocenters. The number of methoxy groups -OCH3 is 1. The molecule has 3 nitrogen and oxygen atoms in total. The largest absolute Gasteiger partial charge is 0.493 e. The number of nitrogens with one attached hydrogen (secondary N) is 1. The van der Waals surface area contributed by atoms with E-state index in [1.54, 1.807) is 7.11 Å². The molecule has 3 aromatic rings. The molecule has 0 amide bonds. The monoisotopic (exact) mass is 459 g/mol. The van der Waals surface area contributed by atoms with E-state index in [-0.39, 0.29) is 6.04 Å². The van der Waals surface area contributed by atoms with Gasteiger partial charge in [0.1, 0.15) is 6.61 Å². The molecule has 0 bridgehead atoms. The number of benzene rings is 3. The van der Waals surface area contributed by atoms with E-state index in [0.29, 0.717) is 23.1 Å². The maximum atomic E-state index is 6.00. The molecule has 0 heterocycles. The van der Waals surface area contributed by atoms with Crippen molar-refractivity contribution in [1.29, 1.82) is 0 Å². The van der Waals surface area contributed by atoms with Gasteiger partial charge < -0.3 is 14.8 Å². The summed E-state index contributed by atoms with van der Waals surface area (Å²) in [5.74, 6) is 1.39. The van der Waals surface area contributed by atoms with E-state index in [9.17, 15) is 0 Å². The maximum absolute atomic E-state index is 6.00. The predicted molar refractivity (Wildman–Crippen MR) is 118 cm³/mol. The Hall–Kier alpha value is -2.01. The first-order chi connectivity index (χ1) is 13.6. The molecule has 0 saturated heterocycles. The van der Waals surface area contributed by atoms with Gasteiger partial charge in [-0.15, -0.1) is 0 Å². The van der Waals surface area contributed by atoms with Crippen molar-refractivity contribution in [3.05, 3.63) is 92.9 Å². The van der Waals surface area contributed by atoms with Crippen LogP contribution in [0.3, 0.4) is 0 Å². The minimum absolute atomic E-state index is 0.256. The minimum atomic E-state index is 0.256. The SMILES string of the molecule is COc1cc(CN[C@@H](C)c2ccccc2)cc(Br)c1OCc1ccc(Cl)cc1. The molecule has 0 aliphatic heterocycles. The number of rotatable bonds is 8. The van der Waals surface area contributed by atoms with Gasteiger partial charge in [0.25, 0.3) is 0 Å². The van der Waals surface area contributed by atoms with Gasteiger partial charge in [0.2, 0.25) is 0 Å². The maximum Gasteiger partial charge on any atom is 0.175 e. The molecular weight excluding hydrogens is 438 g/mol. The van der Waals surface area contributed by atoms with Crippen molar-refractivity contribution in [2.75, 3.05) is 7.11 Å². The molecule has 3 rings (SSSR count). The Bertz CT molecular complexity index is 900. The third kappa shape index (κ3) is 5.51. The second-order valence-corrected chi connectivity index (χ2v) is 7.83. The molecule has 3 aromatic carbocycles. The van der Waals surface area contributed by atoms with Gasteiger partial charge in [-0.25, -0.2) is 0 Å². The van der Waals surface area contributed by atoms with E-state index in [4.69, 9.17) is 21.1 Å². The molecule has 0 aliphatic rings. The Balaban J connectivity index is 1.67. The lowest BCUT2D eigenvalue weighted by molar-refractivity contribution is 0.282. The second kappa shape index (κ2) is 9.97. The van der Waals surface area contributed by atoms with Crippen LogP contribution in [0.1, 0.15) is 29.7 Å². The quantitative estimate of drug-likeness (QED) is 0.414.